The highest BCUT2D eigenvalue weighted by Gasteiger charge is 2.27. The Morgan fingerprint density at radius 2 is 1.95 bits per heavy atom. The van der Waals surface area contributed by atoms with Crippen molar-refractivity contribution in [2.75, 3.05) is 26.7 Å². The SMILES string of the molecule is Cc1cc(F)cc(C)c1S(=O)(=O)N(C)CC1CCCNC1. The molecule has 1 heterocycles. The topological polar surface area (TPSA) is 49.4 Å². The fraction of sp³-hybridized carbons (Fsp3) is 0.600. The number of piperidine rings is 1. The molecular weight excluding hydrogens is 291 g/mol. The maximum atomic E-state index is 13.4. The lowest BCUT2D eigenvalue weighted by molar-refractivity contribution is 0.314. The van der Waals surface area contributed by atoms with Gasteiger partial charge in [-0.3, -0.25) is 0 Å². The van der Waals surface area contributed by atoms with Crippen molar-refractivity contribution in [2.45, 2.75) is 31.6 Å². The van der Waals surface area contributed by atoms with Gasteiger partial charge in [-0.2, -0.15) is 0 Å². The summed E-state index contributed by atoms with van der Waals surface area (Å²) >= 11 is 0. The van der Waals surface area contributed by atoms with Gasteiger partial charge in [0, 0.05) is 13.6 Å². The third-order valence-corrected chi connectivity index (χ3v) is 6.14. The second-order valence-electron chi connectivity index (χ2n) is 5.87. The number of rotatable bonds is 4. The first-order chi connectivity index (χ1) is 9.82. The molecule has 0 spiro atoms. The van der Waals surface area contributed by atoms with Gasteiger partial charge in [-0.25, -0.2) is 17.1 Å². The first-order valence-electron chi connectivity index (χ1n) is 7.26. The van der Waals surface area contributed by atoms with Gasteiger partial charge in [0.05, 0.1) is 4.90 Å². The third kappa shape index (κ3) is 3.62. The minimum absolute atomic E-state index is 0.232. The van der Waals surface area contributed by atoms with Gasteiger partial charge in [-0.1, -0.05) is 0 Å². The van der Waals surface area contributed by atoms with Crippen molar-refractivity contribution in [3.63, 3.8) is 0 Å². The molecule has 2 rings (SSSR count). The number of hydrogen-bond acceptors (Lipinski definition) is 3. The summed E-state index contributed by atoms with van der Waals surface area (Å²) < 4.78 is 40.2. The number of nitrogens with one attached hydrogen (secondary N) is 1. The van der Waals surface area contributed by atoms with Crippen molar-refractivity contribution in [3.8, 4) is 0 Å². The Hall–Kier alpha value is -0.980. The van der Waals surface area contributed by atoms with E-state index in [1.807, 2.05) is 0 Å². The molecule has 1 aliphatic heterocycles. The van der Waals surface area contributed by atoms with Gasteiger partial charge in [-0.15, -0.1) is 0 Å². The Kier molecular flexibility index (Phi) is 5.01. The molecule has 0 bridgehead atoms. The summed E-state index contributed by atoms with van der Waals surface area (Å²) in [6.07, 6.45) is 2.11. The fourth-order valence-electron chi connectivity index (χ4n) is 3.00. The minimum atomic E-state index is -3.58. The summed E-state index contributed by atoms with van der Waals surface area (Å²) in [6.45, 7) is 5.62. The van der Waals surface area contributed by atoms with Crippen LogP contribution in [0.25, 0.3) is 0 Å². The van der Waals surface area contributed by atoms with Crippen LogP contribution in [0.4, 0.5) is 4.39 Å². The number of nitrogens with zero attached hydrogens (tertiary/aromatic N) is 1. The lowest BCUT2D eigenvalue weighted by atomic mass is 10.00. The minimum Gasteiger partial charge on any atom is -0.316 e. The lowest BCUT2D eigenvalue weighted by Gasteiger charge is -2.28. The van der Waals surface area contributed by atoms with Crippen LogP contribution in [0.2, 0.25) is 0 Å². The Bertz CT molecular complexity index is 587. The molecule has 1 saturated heterocycles. The molecular formula is C15H23FN2O2S. The molecule has 1 atom stereocenters. The largest absolute Gasteiger partial charge is 0.316 e. The van der Waals surface area contributed by atoms with E-state index in [2.05, 4.69) is 5.32 Å². The van der Waals surface area contributed by atoms with E-state index >= 15 is 0 Å². The molecule has 1 unspecified atom stereocenters. The molecule has 1 aromatic carbocycles. The zero-order chi connectivity index (χ0) is 15.6. The Labute approximate surface area is 126 Å². The van der Waals surface area contributed by atoms with Crippen molar-refractivity contribution >= 4 is 10.0 Å². The number of hydrogen-bond donors (Lipinski definition) is 1. The molecule has 1 aromatic rings. The van der Waals surface area contributed by atoms with Crippen molar-refractivity contribution in [2.24, 2.45) is 5.92 Å². The van der Waals surface area contributed by atoms with Crippen molar-refractivity contribution in [1.82, 2.24) is 9.62 Å². The van der Waals surface area contributed by atoms with Crippen molar-refractivity contribution in [3.05, 3.63) is 29.1 Å². The van der Waals surface area contributed by atoms with E-state index in [1.54, 1.807) is 20.9 Å². The molecule has 1 fully saturated rings. The molecule has 0 radical (unpaired) electrons. The molecule has 1 N–H and O–H groups in total. The van der Waals surface area contributed by atoms with Crippen LogP contribution in [-0.2, 0) is 10.0 Å². The molecule has 21 heavy (non-hydrogen) atoms. The van der Waals surface area contributed by atoms with E-state index in [9.17, 15) is 12.8 Å². The molecule has 0 aliphatic carbocycles. The van der Waals surface area contributed by atoms with Crippen LogP contribution in [0, 0.1) is 25.6 Å². The Morgan fingerprint density at radius 1 is 1.33 bits per heavy atom. The van der Waals surface area contributed by atoms with Crippen LogP contribution < -0.4 is 5.32 Å². The quantitative estimate of drug-likeness (QED) is 0.925. The normalized spacial score (nSPS) is 20.0. The number of sulfonamides is 1. The first-order valence-corrected chi connectivity index (χ1v) is 8.70. The Morgan fingerprint density at radius 3 is 2.48 bits per heavy atom. The predicted molar refractivity (Wildman–Crippen MR) is 81.3 cm³/mol. The molecule has 6 heteroatoms. The van der Waals surface area contributed by atoms with E-state index in [4.69, 9.17) is 0 Å². The van der Waals surface area contributed by atoms with E-state index in [1.165, 1.54) is 16.4 Å². The summed E-state index contributed by atoms with van der Waals surface area (Å²) in [4.78, 5) is 0.232. The molecule has 0 aromatic heterocycles. The molecule has 1 aliphatic rings. The number of aryl methyl sites for hydroxylation is 2. The molecule has 0 saturated carbocycles. The maximum absolute atomic E-state index is 13.4. The lowest BCUT2D eigenvalue weighted by Crippen LogP contribution is -2.39. The van der Waals surface area contributed by atoms with Gasteiger partial charge in [0.2, 0.25) is 10.0 Å². The highest BCUT2D eigenvalue weighted by atomic mass is 32.2. The van der Waals surface area contributed by atoms with Crippen LogP contribution in [0.15, 0.2) is 17.0 Å². The van der Waals surface area contributed by atoms with E-state index in [0.717, 1.165) is 25.9 Å². The summed E-state index contributed by atoms with van der Waals surface area (Å²) in [6, 6.07) is 2.55. The van der Waals surface area contributed by atoms with Gasteiger partial charge in [0.15, 0.2) is 0 Å². The summed E-state index contributed by atoms with van der Waals surface area (Å²) in [5.74, 6) is -0.0670. The summed E-state index contributed by atoms with van der Waals surface area (Å²) in [7, 11) is -1.97. The number of benzene rings is 1. The summed E-state index contributed by atoms with van der Waals surface area (Å²) in [5, 5.41) is 3.29. The molecule has 0 amide bonds. The van der Waals surface area contributed by atoms with Crippen molar-refractivity contribution < 1.29 is 12.8 Å². The van der Waals surface area contributed by atoms with Gasteiger partial charge in [-0.05, 0) is 69.0 Å². The zero-order valence-electron chi connectivity index (χ0n) is 12.8. The fourth-order valence-corrected chi connectivity index (χ4v) is 4.65. The highest BCUT2D eigenvalue weighted by Crippen LogP contribution is 2.25. The average Bonchev–Trinajstić information content (AvgIpc) is 2.38. The Balaban J connectivity index is 2.24. The van der Waals surface area contributed by atoms with E-state index < -0.39 is 15.8 Å². The van der Waals surface area contributed by atoms with Crippen LogP contribution >= 0.6 is 0 Å². The van der Waals surface area contributed by atoms with E-state index in [0.29, 0.717) is 23.6 Å². The summed E-state index contributed by atoms with van der Waals surface area (Å²) in [5.41, 5.74) is 0.919. The van der Waals surface area contributed by atoms with Gasteiger partial charge in [0.25, 0.3) is 0 Å². The average molecular weight is 314 g/mol. The van der Waals surface area contributed by atoms with Gasteiger partial charge < -0.3 is 5.32 Å². The van der Waals surface area contributed by atoms with Gasteiger partial charge in [0.1, 0.15) is 5.82 Å². The zero-order valence-corrected chi connectivity index (χ0v) is 13.6. The van der Waals surface area contributed by atoms with Crippen LogP contribution in [0.1, 0.15) is 24.0 Å². The smallest absolute Gasteiger partial charge is 0.243 e. The standard InChI is InChI=1S/C15H23FN2O2S/c1-11-7-14(16)8-12(2)15(11)21(19,20)18(3)10-13-5-4-6-17-9-13/h7-8,13,17H,4-6,9-10H2,1-3H3. The van der Waals surface area contributed by atoms with E-state index in [-0.39, 0.29) is 4.90 Å². The highest BCUT2D eigenvalue weighted by molar-refractivity contribution is 7.89. The van der Waals surface area contributed by atoms with Crippen LogP contribution in [0.5, 0.6) is 0 Å². The predicted octanol–water partition coefficient (Wildman–Crippen LogP) is 2.06. The maximum Gasteiger partial charge on any atom is 0.243 e. The van der Waals surface area contributed by atoms with Crippen LogP contribution in [-0.4, -0.2) is 39.4 Å². The first kappa shape index (κ1) is 16.4. The van der Waals surface area contributed by atoms with Gasteiger partial charge >= 0.3 is 0 Å². The second kappa shape index (κ2) is 6.42. The monoisotopic (exact) mass is 314 g/mol. The van der Waals surface area contributed by atoms with Crippen molar-refractivity contribution in [1.29, 1.82) is 0 Å². The molecule has 118 valence electrons. The number of halogens is 1. The second-order valence-corrected chi connectivity index (χ2v) is 7.85. The van der Waals surface area contributed by atoms with Crippen LogP contribution in [0.3, 0.4) is 0 Å². The molecule has 4 nitrogen and oxygen atoms in total. The third-order valence-electron chi connectivity index (χ3n) is 4.01.